The maximum atomic E-state index is 12.6. The topological polar surface area (TPSA) is 69.2 Å². The van der Waals surface area contributed by atoms with Gasteiger partial charge in [0.15, 0.2) is 0 Å². The van der Waals surface area contributed by atoms with E-state index in [1.807, 2.05) is 24.6 Å². The van der Waals surface area contributed by atoms with Crippen molar-refractivity contribution >= 4 is 17.2 Å². The van der Waals surface area contributed by atoms with Gasteiger partial charge < -0.3 is 15.0 Å². The molecule has 2 N–H and O–H groups in total. The van der Waals surface area contributed by atoms with Gasteiger partial charge in [-0.2, -0.15) is 0 Å². The first-order valence-electron chi connectivity index (χ1n) is 8.09. The molecule has 0 spiro atoms. The van der Waals surface area contributed by atoms with E-state index in [0.717, 1.165) is 41.9 Å². The van der Waals surface area contributed by atoms with Crippen LogP contribution in [0.4, 0.5) is 0 Å². The van der Waals surface area contributed by atoms with E-state index in [-0.39, 0.29) is 17.9 Å². The molecule has 1 aliphatic carbocycles. The van der Waals surface area contributed by atoms with Gasteiger partial charge in [0.2, 0.25) is 0 Å². The van der Waals surface area contributed by atoms with Crippen molar-refractivity contribution in [1.82, 2.24) is 14.9 Å². The molecule has 0 aliphatic heterocycles. The third-order valence-corrected chi connectivity index (χ3v) is 5.33. The van der Waals surface area contributed by atoms with Crippen molar-refractivity contribution in [2.24, 2.45) is 5.92 Å². The summed E-state index contributed by atoms with van der Waals surface area (Å²) < 4.78 is 0. The molecular formula is C17H23N3O2S. The lowest BCUT2D eigenvalue weighted by molar-refractivity contribution is 0.0449. The molecular weight excluding hydrogens is 310 g/mol. The molecule has 3 rings (SSSR count). The normalized spacial score (nSPS) is 21.3. The van der Waals surface area contributed by atoms with E-state index in [0.29, 0.717) is 12.2 Å². The molecule has 6 heteroatoms. The van der Waals surface area contributed by atoms with E-state index in [1.165, 1.54) is 0 Å². The number of carbonyl (C=O) groups is 1. The number of amides is 1. The lowest BCUT2D eigenvalue weighted by Gasteiger charge is -2.31. The minimum atomic E-state index is -0.281. The number of nitrogens with zero attached hydrogens (tertiary/aromatic N) is 2. The average Bonchev–Trinajstić information content (AvgIpc) is 3.17. The van der Waals surface area contributed by atoms with E-state index < -0.39 is 0 Å². The number of thiazole rings is 1. The number of aliphatic hydroxyl groups excluding tert-OH is 1. The van der Waals surface area contributed by atoms with Crippen LogP contribution in [0.1, 0.15) is 41.2 Å². The summed E-state index contributed by atoms with van der Waals surface area (Å²) in [6.07, 6.45) is 5.61. The largest absolute Gasteiger partial charge is 0.393 e. The van der Waals surface area contributed by atoms with Gasteiger partial charge in [0.25, 0.3) is 5.91 Å². The number of aromatic nitrogens is 2. The van der Waals surface area contributed by atoms with Crippen molar-refractivity contribution in [3.05, 3.63) is 28.3 Å². The molecule has 2 atom stereocenters. The third kappa shape index (κ3) is 3.64. The van der Waals surface area contributed by atoms with E-state index in [2.05, 4.69) is 9.97 Å². The van der Waals surface area contributed by atoms with Crippen molar-refractivity contribution < 1.29 is 9.90 Å². The quantitative estimate of drug-likeness (QED) is 0.903. The van der Waals surface area contributed by atoms with Crippen LogP contribution in [0.5, 0.6) is 0 Å². The van der Waals surface area contributed by atoms with Crippen LogP contribution in [0.3, 0.4) is 0 Å². The van der Waals surface area contributed by atoms with E-state index in [1.54, 1.807) is 23.3 Å². The summed E-state index contributed by atoms with van der Waals surface area (Å²) in [4.78, 5) is 21.8. The summed E-state index contributed by atoms with van der Waals surface area (Å²) in [7, 11) is 1.80. The fraction of sp³-hybridized carbons (Fsp3) is 0.529. The van der Waals surface area contributed by atoms with Crippen molar-refractivity contribution in [3.8, 4) is 11.3 Å². The fourth-order valence-corrected chi connectivity index (χ4v) is 3.83. The first-order valence-corrected chi connectivity index (χ1v) is 8.97. The zero-order chi connectivity index (χ0) is 16.4. The second-order valence-electron chi connectivity index (χ2n) is 6.35. The smallest absolute Gasteiger partial charge is 0.270 e. The highest BCUT2D eigenvalue weighted by Crippen LogP contribution is 2.26. The Morgan fingerprint density at radius 1 is 1.48 bits per heavy atom. The van der Waals surface area contributed by atoms with Crippen LogP contribution >= 0.6 is 11.3 Å². The summed E-state index contributed by atoms with van der Waals surface area (Å²) >= 11 is 1.60. The standard InChI is InChI=1S/C17H23N3O2S/c1-11-19-15(10-23-11)13-7-14(18-8-13)17(22)20(2)9-12-5-3-4-6-16(12)21/h7-8,10,12,16,18,21H,3-6,9H2,1-2H3. The molecule has 1 fully saturated rings. The second-order valence-corrected chi connectivity index (χ2v) is 7.41. The maximum absolute atomic E-state index is 12.6. The number of rotatable bonds is 4. The molecule has 0 aromatic carbocycles. The van der Waals surface area contributed by atoms with Crippen molar-refractivity contribution in [3.63, 3.8) is 0 Å². The maximum Gasteiger partial charge on any atom is 0.270 e. The number of carbonyl (C=O) groups excluding carboxylic acids is 1. The predicted octanol–water partition coefficient (Wildman–Crippen LogP) is 3.07. The van der Waals surface area contributed by atoms with Gasteiger partial charge in [0.1, 0.15) is 5.69 Å². The minimum Gasteiger partial charge on any atom is -0.393 e. The van der Waals surface area contributed by atoms with Gasteiger partial charge in [-0.1, -0.05) is 12.8 Å². The highest BCUT2D eigenvalue weighted by Gasteiger charge is 2.26. The number of H-pyrrole nitrogens is 1. The van der Waals surface area contributed by atoms with Crippen LogP contribution < -0.4 is 0 Å². The average molecular weight is 333 g/mol. The molecule has 5 nitrogen and oxygen atoms in total. The predicted molar refractivity (Wildman–Crippen MR) is 91.6 cm³/mol. The van der Waals surface area contributed by atoms with Gasteiger partial charge in [0, 0.05) is 36.7 Å². The Morgan fingerprint density at radius 3 is 2.96 bits per heavy atom. The molecule has 2 heterocycles. The van der Waals surface area contributed by atoms with Crippen LogP contribution in [-0.4, -0.2) is 45.6 Å². The molecule has 1 aliphatic rings. The number of aliphatic hydroxyl groups is 1. The first kappa shape index (κ1) is 16.2. The highest BCUT2D eigenvalue weighted by atomic mass is 32.1. The van der Waals surface area contributed by atoms with Gasteiger partial charge in [-0.25, -0.2) is 4.98 Å². The third-order valence-electron chi connectivity index (χ3n) is 4.55. The van der Waals surface area contributed by atoms with E-state index >= 15 is 0 Å². The van der Waals surface area contributed by atoms with E-state index in [4.69, 9.17) is 0 Å². The van der Waals surface area contributed by atoms with E-state index in [9.17, 15) is 9.90 Å². The number of hydrogen-bond donors (Lipinski definition) is 2. The first-order chi connectivity index (χ1) is 11.0. The van der Waals surface area contributed by atoms with Crippen LogP contribution in [0.2, 0.25) is 0 Å². The molecule has 0 radical (unpaired) electrons. The number of nitrogens with one attached hydrogen (secondary N) is 1. The van der Waals surface area contributed by atoms with Crippen LogP contribution in [0, 0.1) is 12.8 Å². The summed E-state index contributed by atoms with van der Waals surface area (Å²) in [6, 6.07) is 1.85. The molecule has 1 amide bonds. The number of aryl methyl sites for hydroxylation is 1. The Kier molecular flexibility index (Phi) is 4.82. The number of hydrogen-bond acceptors (Lipinski definition) is 4. The SMILES string of the molecule is Cc1nc(-c2c[nH]c(C(=O)N(C)CC3CCCCC3O)c2)cs1. The molecule has 0 saturated heterocycles. The summed E-state index contributed by atoms with van der Waals surface area (Å²) in [6.45, 7) is 2.57. The van der Waals surface area contributed by atoms with Crippen LogP contribution in [-0.2, 0) is 0 Å². The second kappa shape index (κ2) is 6.84. The molecule has 2 aromatic rings. The Hall–Kier alpha value is -1.66. The Balaban J connectivity index is 1.66. The van der Waals surface area contributed by atoms with Gasteiger partial charge in [-0.05, 0) is 25.8 Å². The Bertz CT molecular complexity index is 679. The van der Waals surface area contributed by atoms with Crippen LogP contribution in [0.15, 0.2) is 17.6 Å². The minimum absolute atomic E-state index is 0.0408. The van der Waals surface area contributed by atoms with Crippen molar-refractivity contribution in [2.45, 2.75) is 38.7 Å². The number of aromatic amines is 1. The molecule has 2 unspecified atom stereocenters. The van der Waals surface area contributed by atoms with Gasteiger partial charge >= 0.3 is 0 Å². The molecule has 23 heavy (non-hydrogen) atoms. The van der Waals surface area contributed by atoms with Gasteiger partial charge in [-0.3, -0.25) is 4.79 Å². The molecule has 2 aromatic heterocycles. The molecule has 0 bridgehead atoms. The highest BCUT2D eigenvalue weighted by molar-refractivity contribution is 7.09. The summed E-state index contributed by atoms with van der Waals surface area (Å²) in [5, 5.41) is 13.1. The zero-order valence-corrected chi connectivity index (χ0v) is 14.4. The van der Waals surface area contributed by atoms with Crippen molar-refractivity contribution in [1.29, 1.82) is 0 Å². The lowest BCUT2D eigenvalue weighted by Crippen LogP contribution is -2.38. The van der Waals surface area contributed by atoms with Crippen molar-refractivity contribution in [2.75, 3.05) is 13.6 Å². The van der Waals surface area contributed by atoms with Gasteiger partial charge in [-0.15, -0.1) is 11.3 Å². The zero-order valence-electron chi connectivity index (χ0n) is 13.6. The molecule has 1 saturated carbocycles. The lowest BCUT2D eigenvalue weighted by atomic mass is 9.86. The molecule has 124 valence electrons. The Labute approximate surface area is 140 Å². The van der Waals surface area contributed by atoms with Crippen LogP contribution in [0.25, 0.3) is 11.3 Å². The monoisotopic (exact) mass is 333 g/mol. The Morgan fingerprint density at radius 2 is 2.26 bits per heavy atom. The summed E-state index contributed by atoms with van der Waals surface area (Å²) in [5.41, 5.74) is 2.40. The van der Waals surface area contributed by atoms with Gasteiger partial charge in [0.05, 0.1) is 16.8 Å². The fourth-order valence-electron chi connectivity index (χ4n) is 3.20. The summed E-state index contributed by atoms with van der Waals surface area (Å²) in [5.74, 6) is 0.147.